The number of anilines is 1. The third kappa shape index (κ3) is 6.10. The molecule has 2 heterocycles. The second-order valence-corrected chi connectivity index (χ2v) is 7.18. The van der Waals surface area contributed by atoms with Gasteiger partial charge in [0.25, 0.3) is 0 Å². The molecule has 1 N–H and O–H groups in total. The third-order valence-electron chi connectivity index (χ3n) is 5.27. The van der Waals surface area contributed by atoms with Gasteiger partial charge in [0.15, 0.2) is 0 Å². The minimum Gasteiger partial charge on any atom is -0.356 e. The molecule has 2 fully saturated rings. The average molecular weight is 385 g/mol. The molecule has 2 saturated heterocycles. The Kier molecular flexibility index (Phi) is 6.59. The summed E-state index contributed by atoms with van der Waals surface area (Å²) in [6.07, 6.45) is -0.392. The molecule has 3 rings (SSSR count). The van der Waals surface area contributed by atoms with Gasteiger partial charge >= 0.3 is 12.5 Å². The van der Waals surface area contributed by atoms with Gasteiger partial charge in [-0.25, -0.2) is 4.79 Å². The zero-order chi connectivity index (χ0) is 19.3. The van der Waals surface area contributed by atoms with Crippen molar-refractivity contribution in [3.05, 3.63) is 29.8 Å². The quantitative estimate of drug-likeness (QED) is 0.817. The number of amides is 1. The second-order valence-electron chi connectivity index (χ2n) is 7.18. The molecule has 1 unspecified atom stereocenters. The van der Waals surface area contributed by atoms with Crippen molar-refractivity contribution in [2.24, 2.45) is 0 Å². The normalized spacial score (nSPS) is 22.0. The van der Waals surface area contributed by atoms with Gasteiger partial charge in [-0.15, -0.1) is 13.2 Å². The highest BCUT2D eigenvalue weighted by atomic mass is 19.4. The number of nitrogens with zero attached hydrogens (tertiary/aromatic N) is 2. The molecule has 8 heteroatoms. The average Bonchev–Trinajstić information content (AvgIpc) is 3.08. The summed E-state index contributed by atoms with van der Waals surface area (Å²) in [6, 6.07) is 7.30. The Morgan fingerprint density at radius 1 is 1.04 bits per heavy atom. The number of piperidine rings is 1. The number of rotatable bonds is 5. The van der Waals surface area contributed by atoms with E-state index in [1.165, 1.54) is 32.4 Å². The molecule has 150 valence electrons. The smallest absolute Gasteiger partial charge is 0.356 e. The first-order chi connectivity index (χ1) is 12.9. The summed E-state index contributed by atoms with van der Waals surface area (Å²) in [5, 5.41) is 2.09. The SMILES string of the molecule is O=C(Nc1ccc(C2CCCN2CCN2CCCCC2)cc1)OC(F)(F)F. The third-order valence-corrected chi connectivity index (χ3v) is 5.27. The topological polar surface area (TPSA) is 44.8 Å². The molecular formula is C19H26F3N3O2. The number of alkyl halides is 3. The van der Waals surface area contributed by atoms with Gasteiger partial charge in [-0.3, -0.25) is 10.2 Å². The van der Waals surface area contributed by atoms with Gasteiger partial charge < -0.3 is 9.64 Å². The van der Waals surface area contributed by atoms with Crippen molar-refractivity contribution in [3.8, 4) is 0 Å². The van der Waals surface area contributed by atoms with Crippen molar-refractivity contribution in [1.82, 2.24) is 9.80 Å². The van der Waals surface area contributed by atoms with Gasteiger partial charge in [0.1, 0.15) is 0 Å². The Hall–Kier alpha value is -1.80. The van der Waals surface area contributed by atoms with Crippen LogP contribution in [-0.2, 0) is 4.74 Å². The first-order valence-electron chi connectivity index (χ1n) is 9.54. The van der Waals surface area contributed by atoms with Crippen LogP contribution in [0.3, 0.4) is 0 Å². The molecule has 0 bridgehead atoms. The van der Waals surface area contributed by atoms with Crippen molar-refractivity contribution in [2.75, 3.05) is 38.0 Å². The van der Waals surface area contributed by atoms with E-state index >= 15 is 0 Å². The summed E-state index contributed by atoms with van der Waals surface area (Å²) < 4.78 is 39.4. The zero-order valence-electron chi connectivity index (χ0n) is 15.3. The van der Waals surface area contributed by atoms with Gasteiger partial charge in [0.2, 0.25) is 0 Å². The monoisotopic (exact) mass is 385 g/mol. The summed E-state index contributed by atoms with van der Waals surface area (Å²) in [5.74, 6) is 0. The highest BCUT2D eigenvalue weighted by Gasteiger charge is 2.34. The maximum atomic E-state index is 12.0. The second kappa shape index (κ2) is 8.93. The first kappa shape index (κ1) is 19.9. The fraction of sp³-hybridized carbons (Fsp3) is 0.632. The van der Waals surface area contributed by atoms with Gasteiger partial charge in [0, 0.05) is 24.8 Å². The van der Waals surface area contributed by atoms with Crippen molar-refractivity contribution < 1.29 is 22.7 Å². The molecule has 0 aliphatic carbocycles. The van der Waals surface area contributed by atoms with Gasteiger partial charge in [0.05, 0.1) is 0 Å². The van der Waals surface area contributed by atoms with E-state index in [9.17, 15) is 18.0 Å². The lowest BCUT2D eigenvalue weighted by Gasteiger charge is -2.31. The number of carbonyl (C=O) groups is 1. The lowest BCUT2D eigenvalue weighted by atomic mass is 10.0. The fourth-order valence-corrected chi connectivity index (χ4v) is 3.96. The van der Waals surface area contributed by atoms with Crippen LogP contribution in [0.5, 0.6) is 0 Å². The predicted octanol–water partition coefficient (Wildman–Crippen LogP) is 4.38. The number of likely N-dealkylation sites (tertiary alicyclic amines) is 2. The number of carbonyl (C=O) groups excluding carboxylic acids is 1. The molecule has 1 aromatic rings. The van der Waals surface area contributed by atoms with Crippen LogP contribution in [0.15, 0.2) is 24.3 Å². The highest BCUT2D eigenvalue weighted by Crippen LogP contribution is 2.32. The molecule has 0 aromatic heterocycles. The Morgan fingerprint density at radius 3 is 2.41 bits per heavy atom. The standard InChI is InChI=1S/C19H26F3N3O2/c20-19(21,22)27-18(26)23-16-8-6-15(7-9-16)17-5-4-12-25(17)14-13-24-10-2-1-3-11-24/h6-9,17H,1-5,10-14H2,(H,23,26). The minimum atomic E-state index is -4.98. The van der Waals surface area contributed by atoms with Crippen LogP contribution < -0.4 is 5.32 Å². The van der Waals surface area contributed by atoms with E-state index in [1.807, 2.05) is 12.1 Å². The lowest BCUT2D eigenvalue weighted by Crippen LogP contribution is -2.37. The number of halogens is 3. The molecule has 1 aromatic carbocycles. The first-order valence-corrected chi connectivity index (χ1v) is 9.54. The van der Waals surface area contributed by atoms with Crippen LogP contribution in [0.4, 0.5) is 23.7 Å². The molecule has 0 spiro atoms. The Morgan fingerprint density at radius 2 is 1.74 bits per heavy atom. The van der Waals surface area contributed by atoms with Crippen LogP contribution in [0.1, 0.15) is 43.7 Å². The van der Waals surface area contributed by atoms with Crippen molar-refractivity contribution in [1.29, 1.82) is 0 Å². The highest BCUT2D eigenvalue weighted by molar-refractivity contribution is 5.84. The Bertz CT molecular complexity index is 616. The van der Waals surface area contributed by atoms with Crippen LogP contribution in [0, 0.1) is 0 Å². The van der Waals surface area contributed by atoms with Crippen molar-refractivity contribution in [2.45, 2.75) is 44.5 Å². The van der Waals surface area contributed by atoms with Gasteiger partial charge in [-0.05, 0) is 63.0 Å². The number of benzene rings is 1. The summed E-state index contributed by atoms with van der Waals surface area (Å²) in [5.41, 5.74) is 1.41. The fourth-order valence-electron chi connectivity index (χ4n) is 3.96. The molecule has 0 radical (unpaired) electrons. The van der Waals surface area contributed by atoms with Crippen LogP contribution in [-0.4, -0.2) is 55.0 Å². The maximum absolute atomic E-state index is 12.0. The number of nitrogens with one attached hydrogen (secondary N) is 1. The number of hydrogen-bond acceptors (Lipinski definition) is 4. The van der Waals surface area contributed by atoms with Crippen molar-refractivity contribution >= 4 is 11.8 Å². The Balaban J connectivity index is 1.52. The number of hydrogen-bond donors (Lipinski definition) is 1. The zero-order valence-corrected chi connectivity index (χ0v) is 15.3. The molecule has 2 aliphatic heterocycles. The summed E-state index contributed by atoms with van der Waals surface area (Å²) in [4.78, 5) is 16.2. The van der Waals surface area contributed by atoms with E-state index in [4.69, 9.17) is 0 Å². The van der Waals surface area contributed by atoms with Gasteiger partial charge in [-0.1, -0.05) is 18.6 Å². The summed E-state index contributed by atoms with van der Waals surface area (Å²) in [7, 11) is 0. The maximum Gasteiger partial charge on any atom is 0.576 e. The number of ether oxygens (including phenoxy) is 1. The summed E-state index contributed by atoms with van der Waals surface area (Å²) in [6.45, 7) is 5.55. The lowest BCUT2D eigenvalue weighted by molar-refractivity contribution is -0.289. The van der Waals surface area contributed by atoms with E-state index in [-0.39, 0.29) is 5.69 Å². The van der Waals surface area contributed by atoms with Crippen LogP contribution in [0.2, 0.25) is 0 Å². The molecule has 5 nitrogen and oxygen atoms in total. The molecule has 0 saturated carbocycles. The summed E-state index contributed by atoms with van der Waals surface area (Å²) >= 11 is 0. The van der Waals surface area contributed by atoms with E-state index in [0.29, 0.717) is 6.04 Å². The molecule has 27 heavy (non-hydrogen) atoms. The van der Waals surface area contributed by atoms with E-state index < -0.39 is 12.5 Å². The van der Waals surface area contributed by atoms with Crippen LogP contribution >= 0.6 is 0 Å². The van der Waals surface area contributed by atoms with E-state index in [1.54, 1.807) is 12.1 Å². The molecule has 1 amide bonds. The molecular weight excluding hydrogens is 359 g/mol. The Labute approximate surface area is 157 Å². The predicted molar refractivity (Wildman–Crippen MR) is 96.4 cm³/mol. The minimum absolute atomic E-state index is 0.283. The van der Waals surface area contributed by atoms with Crippen LogP contribution in [0.25, 0.3) is 0 Å². The van der Waals surface area contributed by atoms with Crippen molar-refractivity contribution in [3.63, 3.8) is 0 Å². The largest absolute Gasteiger partial charge is 0.576 e. The van der Waals surface area contributed by atoms with E-state index in [2.05, 4.69) is 19.9 Å². The van der Waals surface area contributed by atoms with Gasteiger partial charge in [-0.2, -0.15) is 0 Å². The molecule has 1 atom stereocenters. The van der Waals surface area contributed by atoms with E-state index in [0.717, 1.165) is 38.0 Å². The molecule has 2 aliphatic rings.